The lowest BCUT2D eigenvalue weighted by molar-refractivity contribution is 0.100. The Morgan fingerprint density at radius 1 is 0.917 bits per heavy atom. The second kappa shape index (κ2) is 5.31. The van der Waals surface area contributed by atoms with Crippen molar-refractivity contribution in [3.05, 3.63) is 76.7 Å². The SMILES string of the molecule is NC(=O)c1cccc(-c2cnc3[nH]c(=O)c4ccccc4c3c2)c1. The summed E-state index contributed by atoms with van der Waals surface area (Å²) in [7, 11) is 0. The van der Waals surface area contributed by atoms with Crippen molar-refractivity contribution in [3.8, 4) is 11.1 Å². The van der Waals surface area contributed by atoms with Crippen LogP contribution in [0.2, 0.25) is 0 Å². The molecule has 0 aliphatic carbocycles. The van der Waals surface area contributed by atoms with Crippen LogP contribution in [0.25, 0.3) is 32.9 Å². The van der Waals surface area contributed by atoms with Crippen molar-refractivity contribution in [1.29, 1.82) is 0 Å². The van der Waals surface area contributed by atoms with Crippen LogP contribution in [-0.4, -0.2) is 15.9 Å². The Kier molecular flexibility index (Phi) is 3.13. The molecule has 0 radical (unpaired) electrons. The molecule has 0 fully saturated rings. The summed E-state index contributed by atoms with van der Waals surface area (Å²) in [5, 5.41) is 2.32. The molecule has 0 saturated heterocycles. The van der Waals surface area contributed by atoms with Gasteiger partial charge in [-0.05, 0) is 35.2 Å². The molecule has 0 spiro atoms. The maximum atomic E-state index is 12.1. The molecule has 5 heteroatoms. The number of pyridine rings is 2. The standard InChI is InChI=1S/C19H13N3O2/c20-17(23)12-5-3-4-11(8-12)13-9-16-14-6-1-2-7-15(14)19(24)22-18(16)21-10-13/h1-10H,(H2,20,23)(H,21,22,24). The summed E-state index contributed by atoms with van der Waals surface area (Å²) >= 11 is 0. The third-order valence-corrected chi connectivity index (χ3v) is 4.06. The normalized spacial score (nSPS) is 11.0. The molecule has 5 nitrogen and oxygen atoms in total. The Morgan fingerprint density at radius 3 is 2.50 bits per heavy atom. The molecule has 0 aliphatic rings. The summed E-state index contributed by atoms with van der Waals surface area (Å²) in [6, 6.07) is 16.4. The number of aromatic nitrogens is 2. The number of nitrogens with zero attached hydrogens (tertiary/aromatic N) is 1. The van der Waals surface area contributed by atoms with Crippen LogP contribution in [0.3, 0.4) is 0 Å². The van der Waals surface area contributed by atoms with E-state index in [9.17, 15) is 9.59 Å². The Bertz CT molecular complexity index is 1160. The quantitative estimate of drug-likeness (QED) is 0.557. The second-order valence-electron chi connectivity index (χ2n) is 5.56. The molecule has 4 aromatic rings. The summed E-state index contributed by atoms with van der Waals surface area (Å²) in [4.78, 5) is 30.7. The number of hydrogen-bond donors (Lipinski definition) is 2. The molecule has 0 atom stereocenters. The zero-order valence-corrected chi connectivity index (χ0v) is 12.6. The Labute approximate surface area is 136 Å². The van der Waals surface area contributed by atoms with Gasteiger partial charge in [-0.15, -0.1) is 0 Å². The molecular formula is C19H13N3O2. The highest BCUT2D eigenvalue weighted by Gasteiger charge is 2.09. The van der Waals surface area contributed by atoms with Crippen molar-refractivity contribution in [2.24, 2.45) is 5.73 Å². The number of carbonyl (C=O) groups excluding carboxylic acids is 1. The minimum Gasteiger partial charge on any atom is -0.366 e. The molecule has 0 aliphatic heterocycles. The number of nitrogens with one attached hydrogen (secondary N) is 1. The third-order valence-electron chi connectivity index (χ3n) is 4.06. The first-order chi connectivity index (χ1) is 11.6. The van der Waals surface area contributed by atoms with E-state index < -0.39 is 5.91 Å². The molecule has 0 bridgehead atoms. The van der Waals surface area contributed by atoms with Crippen LogP contribution in [-0.2, 0) is 0 Å². The van der Waals surface area contributed by atoms with Gasteiger partial charge < -0.3 is 10.7 Å². The van der Waals surface area contributed by atoms with E-state index in [-0.39, 0.29) is 5.56 Å². The monoisotopic (exact) mass is 315 g/mol. The summed E-state index contributed by atoms with van der Waals surface area (Å²) < 4.78 is 0. The zero-order valence-electron chi connectivity index (χ0n) is 12.6. The highest BCUT2D eigenvalue weighted by Crippen LogP contribution is 2.26. The number of hydrogen-bond acceptors (Lipinski definition) is 3. The van der Waals surface area contributed by atoms with Crippen molar-refractivity contribution in [1.82, 2.24) is 9.97 Å². The number of amides is 1. The van der Waals surface area contributed by atoms with Crippen molar-refractivity contribution in [3.63, 3.8) is 0 Å². The van der Waals surface area contributed by atoms with Gasteiger partial charge in [0.1, 0.15) is 5.65 Å². The summed E-state index contributed by atoms with van der Waals surface area (Å²) in [5.74, 6) is -0.472. The predicted octanol–water partition coefficient (Wildman–Crippen LogP) is 2.84. The van der Waals surface area contributed by atoms with Crippen molar-refractivity contribution in [2.75, 3.05) is 0 Å². The van der Waals surface area contributed by atoms with E-state index in [1.54, 1.807) is 30.5 Å². The first-order valence-electron chi connectivity index (χ1n) is 7.44. The molecule has 1 amide bonds. The largest absolute Gasteiger partial charge is 0.366 e. The average molecular weight is 315 g/mol. The van der Waals surface area contributed by atoms with Gasteiger partial charge in [0.25, 0.3) is 5.56 Å². The van der Waals surface area contributed by atoms with E-state index in [1.807, 2.05) is 30.3 Å². The topological polar surface area (TPSA) is 88.8 Å². The highest BCUT2D eigenvalue weighted by molar-refractivity contribution is 6.05. The van der Waals surface area contributed by atoms with Gasteiger partial charge >= 0.3 is 0 Å². The molecule has 116 valence electrons. The number of fused-ring (bicyclic) bond motifs is 3. The van der Waals surface area contributed by atoms with Crippen LogP contribution in [0.4, 0.5) is 0 Å². The predicted molar refractivity (Wildman–Crippen MR) is 93.8 cm³/mol. The van der Waals surface area contributed by atoms with Crippen LogP contribution >= 0.6 is 0 Å². The van der Waals surface area contributed by atoms with Gasteiger partial charge in [-0.3, -0.25) is 9.59 Å². The van der Waals surface area contributed by atoms with Crippen LogP contribution in [0.15, 0.2) is 65.6 Å². The summed E-state index contributed by atoms with van der Waals surface area (Å²) in [5.41, 5.74) is 7.86. The molecule has 24 heavy (non-hydrogen) atoms. The molecular weight excluding hydrogens is 302 g/mol. The highest BCUT2D eigenvalue weighted by atomic mass is 16.1. The maximum Gasteiger partial charge on any atom is 0.257 e. The molecule has 2 heterocycles. The number of rotatable bonds is 2. The van der Waals surface area contributed by atoms with E-state index in [2.05, 4.69) is 9.97 Å². The van der Waals surface area contributed by atoms with Crippen LogP contribution in [0, 0.1) is 0 Å². The first-order valence-corrected chi connectivity index (χ1v) is 7.44. The number of carbonyl (C=O) groups is 1. The van der Waals surface area contributed by atoms with Gasteiger partial charge in [0, 0.05) is 28.1 Å². The van der Waals surface area contributed by atoms with Crippen LogP contribution in [0.5, 0.6) is 0 Å². The van der Waals surface area contributed by atoms with Crippen molar-refractivity contribution in [2.45, 2.75) is 0 Å². The minimum absolute atomic E-state index is 0.158. The molecule has 3 N–H and O–H groups in total. The van der Waals surface area contributed by atoms with E-state index in [0.29, 0.717) is 16.6 Å². The fourth-order valence-corrected chi connectivity index (χ4v) is 2.87. The molecule has 4 rings (SSSR count). The van der Waals surface area contributed by atoms with Gasteiger partial charge in [-0.1, -0.05) is 30.3 Å². The maximum absolute atomic E-state index is 12.1. The Morgan fingerprint density at radius 2 is 1.71 bits per heavy atom. The van der Waals surface area contributed by atoms with E-state index in [4.69, 9.17) is 5.73 Å². The van der Waals surface area contributed by atoms with Gasteiger partial charge in [-0.2, -0.15) is 0 Å². The molecule has 0 unspecified atom stereocenters. The smallest absolute Gasteiger partial charge is 0.257 e. The van der Waals surface area contributed by atoms with Crippen LogP contribution in [0.1, 0.15) is 10.4 Å². The van der Waals surface area contributed by atoms with Crippen LogP contribution < -0.4 is 11.3 Å². The van der Waals surface area contributed by atoms with Gasteiger partial charge in [0.2, 0.25) is 5.91 Å². The second-order valence-corrected chi connectivity index (χ2v) is 5.56. The number of H-pyrrole nitrogens is 1. The summed E-state index contributed by atoms with van der Waals surface area (Å²) in [6.07, 6.45) is 1.67. The third kappa shape index (κ3) is 2.23. The average Bonchev–Trinajstić information content (AvgIpc) is 2.62. The lowest BCUT2D eigenvalue weighted by Gasteiger charge is -2.07. The van der Waals surface area contributed by atoms with Gasteiger partial charge in [0.15, 0.2) is 0 Å². The molecule has 2 aromatic heterocycles. The lowest BCUT2D eigenvalue weighted by atomic mass is 10.0. The number of benzene rings is 2. The lowest BCUT2D eigenvalue weighted by Crippen LogP contribution is -2.10. The number of primary amides is 1. The van der Waals surface area contributed by atoms with E-state index >= 15 is 0 Å². The minimum atomic E-state index is -0.472. The van der Waals surface area contributed by atoms with E-state index in [0.717, 1.165) is 21.9 Å². The van der Waals surface area contributed by atoms with Crippen molar-refractivity contribution < 1.29 is 4.79 Å². The fraction of sp³-hybridized carbons (Fsp3) is 0. The van der Waals surface area contributed by atoms with Crippen molar-refractivity contribution >= 4 is 27.7 Å². The summed E-state index contributed by atoms with van der Waals surface area (Å²) in [6.45, 7) is 0. The van der Waals surface area contributed by atoms with E-state index in [1.165, 1.54) is 0 Å². The first kappa shape index (κ1) is 14.1. The number of aromatic amines is 1. The number of nitrogens with two attached hydrogens (primary N) is 1. The van der Waals surface area contributed by atoms with Gasteiger partial charge in [0.05, 0.1) is 0 Å². The molecule has 0 saturated carbocycles. The Hall–Kier alpha value is -3.47. The fourth-order valence-electron chi connectivity index (χ4n) is 2.87. The zero-order chi connectivity index (χ0) is 16.7. The Balaban J connectivity index is 2.00. The van der Waals surface area contributed by atoms with Gasteiger partial charge in [-0.25, -0.2) is 4.98 Å². The molecule has 2 aromatic carbocycles.